The molecule has 0 saturated carbocycles. The summed E-state index contributed by atoms with van der Waals surface area (Å²) in [5.74, 6) is 0. The van der Waals surface area contributed by atoms with Crippen molar-refractivity contribution in [1.82, 2.24) is 10.3 Å². The Morgan fingerprint density at radius 2 is 2.20 bits per heavy atom. The maximum atomic E-state index is 4.13. The van der Waals surface area contributed by atoms with Crippen molar-refractivity contribution in [3.63, 3.8) is 0 Å². The average Bonchev–Trinajstić information content (AvgIpc) is 1.54. The molecule has 0 spiro atoms. The zero-order valence-corrected chi connectivity index (χ0v) is 7.37. The van der Waals surface area contributed by atoms with Gasteiger partial charge in [-0.3, -0.25) is 5.32 Å². The number of allylic oxidation sites excluding steroid dienone is 1. The maximum Gasteiger partial charge on any atom is 0.350 e. The second kappa shape index (κ2) is 2.31. The van der Waals surface area contributed by atoms with Gasteiger partial charge in [0, 0.05) is 13.0 Å². The lowest BCUT2D eigenvalue weighted by Gasteiger charge is -2.18. The number of aliphatic imine (C=N–C) groups is 1. The van der Waals surface area contributed by atoms with Crippen LogP contribution in [0.5, 0.6) is 0 Å². The highest BCUT2D eigenvalue weighted by Gasteiger charge is 2.26. The minimum absolute atomic E-state index is 0.00289. The van der Waals surface area contributed by atoms with E-state index in [0.29, 0.717) is 5.17 Å². The van der Waals surface area contributed by atoms with Gasteiger partial charge in [0.1, 0.15) is 5.54 Å². The van der Waals surface area contributed by atoms with Crippen LogP contribution in [0.25, 0.3) is 0 Å². The van der Waals surface area contributed by atoms with Crippen molar-refractivity contribution in [3.05, 3.63) is 11.8 Å². The average molecular weight is 156 g/mol. The first kappa shape index (κ1) is 7.66. The number of thiol groups is 1. The molecule has 1 N–H and O–H groups in total. The molecule has 0 amide bonds. The molecule has 1 heterocycles. The zero-order valence-electron chi connectivity index (χ0n) is 6.47. The first-order valence-electron chi connectivity index (χ1n) is 3.25. The Balaban J connectivity index is 2.88. The summed E-state index contributed by atoms with van der Waals surface area (Å²) in [4.78, 5) is 4.11. The van der Waals surface area contributed by atoms with Gasteiger partial charge in [-0.25, -0.2) is 0 Å². The van der Waals surface area contributed by atoms with Crippen molar-refractivity contribution in [1.29, 1.82) is 0 Å². The number of amidine groups is 1. The van der Waals surface area contributed by atoms with Gasteiger partial charge >= 0.3 is 5.17 Å². The standard InChI is InChI=1S/C7H12N2S/c1-5-4-7(2,3)9-6(10)8-5/h4,9-10H,1-3H3/q+1. The molecule has 0 unspecified atom stereocenters. The van der Waals surface area contributed by atoms with Gasteiger partial charge in [-0.1, -0.05) is 12.6 Å². The number of nitrogens with zero attached hydrogens (tertiary/aromatic N) is 1. The molecule has 0 aliphatic carbocycles. The smallest absolute Gasteiger partial charge is 0.257 e. The second-order valence-electron chi connectivity index (χ2n) is 3.07. The highest BCUT2D eigenvalue weighted by molar-refractivity contribution is 7.96. The molecule has 0 aromatic heterocycles. The number of hydrogen-bond donors (Lipinski definition) is 2. The molecular formula is C7H12N2S+. The van der Waals surface area contributed by atoms with Crippen molar-refractivity contribution in [2.24, 2.45) is 0 Å². The van der Waals surface area contributed by atoms with Crippen LogP contribution in [0.15, 0.2) is 11.8 Å². The minimum atomic E-state index is 0.00289. The summed E-state index contributed by atoms with van der Waals surface area (Å²) in [7, 11) is 0. The summed E-state index contributed by atoms with van der Waals surface area (Å²) >= 11 is 4.13. The van der Waals surface area contributed by atoms with Crippen LogP contribution in [-0.2, 0) is 0 Å². The molecule has 2 nitrogen and oxygen atoms in total. The first-order chi connectivity index (χ1) is 4.49. The van der Waals surface area contributed by atoms with E-state index in [2.05, 4.69) is 42.9 Å². The fourth-order valence-corrected chi connectivity index (χ4v) is 1.52. The molecule has 0 fully saturated rings. The van der Waals surface area contributed by atoms with E-state index in [9.17, 15) is 0 Å². The third-order valence-electron chi connectivity index (χ3n) is 1.29. The van der Waals surface area contributed by atoms with Gasteiger partial charge in [0.15, 0.2) is 5.70 Å². The largest absolute Gasteiger partial charge is 0.350 e. The fourth-order valence-electron chi connectivity index (χ4n) is 1.07. The fraction of sp³-hybridized carbons (Fsp3) is 0.571. The number of rotatable bonds is 0. The second-order valence-corrected chi connectivity index (χ2v) is 3.49. The van der Waals surface area contributed by atoms with E-state index in [1.165, 1.54) is 0 Å². The Morgan fingerprint density at radius 3 is 2.60 bits per heavy atom. The van der Waals surface area contributed by atoms with Crippen LogP contribution in [0, 0.1) is 0 Å². The monoisotopic (exact) mass is 156 g/mol. The third-order valence-corrected chi connectivity index (χ3v) is 1.50. The molecule has 0 aromatic carbocycles. The number of hydrogen-bond acceptors (Lipinski definition) is 2. The van der Waals surface area contributed by atoms with Gasteiger partial charge in [0.05, 0.1) is 0 Å². The Bertz CT molecular complexity index is 204. The molecule has 1 aliphatic rings. The van der Waals surface area contributed by atoms with E-state index in [4.69, 9.17) is 0 Å². The Kier molecular flexibility index (Phi) is 1.77. The van der Waals surface area contributed by atoms with Gasteiger partial charge in [0.2, 0.25) is 0 Å². The van der Waals surface area contributed by atoms with Crippen molar-refractivity contribution < 1.29 is 0 Å². The zero-order chi connectivity index (χ0) is 7.78. The Labute approximate surface area is 66.8 Å². The minimum Gasteiger partial charge on any atom is -0.257 e. The molecule has 0 aromatic rings. The first-order valence-corrected chi connectivity index (χ1v) is 3.70. The predicted molar refractivity (Wildman–Crippen MR) is 47.1 cm³/mol. The summed E-state index contributed by atoms with van der Waals surface area (Å²) in [6.45, 7) is 6.14. The lowest BCUT2D eigenvalue weighted by atomic mass is 10.0. The molecule has 3 heteroatoms. The van der Waals surface area contributed by atoms with Crippen LogP contribution in [-0.4, -0.2) is 10.7 Å². The summed E-state index contributed by atoms with van der Waals surface area (Å²) in [5, 5.41) is 3.82. The summed E-state index contributed by atoms with van der Waals surface area (Å²) < 4.78 is 0. The van der Waals surface area contributed by atoms with E-state index >= 15 is 0 Å². The van der Waals surface area contributed by atoms with Crippen LogP contribution < -0.4 is 10.3 Å². The van der Waals surface area contributed by atoms with E-state index < -0.39 is 0 Å². The molecular weight excluding hydrogens is 144 g/mol. The van der Waals surface area contributed by atoms with E-state index in [1.54, 1.807) is 0 Å². The molecule has 0 atom stereocenters. The van der Waals surface area contributed by atoms with Gasteiger partial charge < -0.3 is 0 Å². The van der Waals surface area contributed by atoms with E-state index in [1.807, 2.05) is 6.92 Å². The molecule has 1 aliphatic heterocycles. The maximum absolute atomic E-state index is 4.13. The van der Waals surface area contributed by atoms with E-state index in [-0.39, 0.29) is 5.54 Å². The summed E-state index contributed by atoms with van der Waals surface area (Å²) in [6, 6.07) is 0. The molecule has 1 rings (SSSR count). The highest BCUT2D eigenvalue weighted by atomic mass is 32.1. The van der Waals surface area contributed by atoms with Gasteiger partial charge in [-0.15, -0.1) is 0 Å². The molecule has 10 heavy (non-hydrogen) atoms. The number of nitrogens with one attached hydrogen (secondary N) is 1. The summed E-state index contributed by atoms with van der Waals surface area (Å²) in [6.07, 6.45) is 2.08. The Hall–Kier alpha value is -0.440. The van der Waals surface area contributed by atoms with Crippen LogP contribution in [0.2, 0.25) is 0 Å². The van der Waals surface area contributed by atoms with Crippen molar-refractivity contribution in [2.75, 3.05) is 0 Å². The normalized spacial score (nSPS) is 22.8. The molecule has 1 radical (unpaired) electrons. The van der Waals surface area contributed by atoms with Crippen LogP contribution in [0.3, 0.4) is 0 Å². The lowest BCUT2D eigenvalue weighted by molar-refractivity contribution is 0.563. The summed E-state index contributed by atoms with van der Waals surface area (Å²) in [5.41, 5.74) is 1.02. The quantitative estimate of drug-likeness (QED) is 0.501. The van der Waals surface area contributed by atoms with Gasteiger partial charge in [-0.05, 0) is 18.8 Å². The SMILES string of the molecule is CC1=CC(C)(C)NC(S)=[N+]1. The van der Waals surface area contributed by atoms with Crippen molar-refractivity contribution in [3.8, 4) is 0 Å². The van der Waals surface area contributed by atoms with Gasteiger partial charge in [0.25, 0.3) is 0 Å². The molecule has 55 valence electrons. The van der Waals surface area contributed by atoms with Gasteiger partial charge in [-0.2, -0.15) is 0 Å². The third kappa shape index (κ3) is 1.77. The predicted octanol–water partition coefficient (Wildman–Crippen LogP) is 0.894. The van der Waals surface area contributed by atoms with Crippen LogP contribution in [0.1, 0.15) is 20.8 Å². The van der Waals surface area contributed by atoms with Crippen LogP contribution >= 0.6 is 12.6 Å². The lowest BCUT2D eigenvalue weighted by Crippen LogP contribution is -2.44. The van der Waals surface area contributed by atoms with Crippen molar-refractivity contribution >= 4 is 17.8 Å². The highest BCUT2D eigenvalue weighted by Crippen LogP contribution is 2.10. The van der Waals surface area contributed by atoms with Crippen LogP contribution in [0.4, 0.5) is 0 Å². The van der Waals surface area contributed by atoms with Crippen molar-refractivity contribution in [2.45, 2.75) is 26.3 Å². The molecule has 0 saturated heterocycles. The van der Waals surface area contributed by atoms with E-state index in [0.717, 1.165) is 5.70 Å². The Morgan fingerprint density at radius 1 is 1.60 bits per heavy atom. The topological polar surface area (TPSA) is 26.1 Å². The molecule has 0 bridgehead atoms.